The maximum atomic E-state index is 11.9. The summed E-state index contributed by atoms with van der Waals surface area (Å²) in [4.78, 5) is 56.7. The van der Waals surface area contributed by atoms with Crippen molar-refractivity contribution >= 4 is 53.9 Å². The van der Waals surface area contributed by atoms with Gasteiger partial charge < -0.3 is 32.7 Å². The van der Waals surface area contributed by atoms with Crippen LogP contribution in [0.2, 0.25) is 0 Å². The molecule has 148 valence electrons. The molecule has 0 saturated carbocycles. The van der Waals surface area contributed by atoms with Crippen LogP contribution in [0.15, 0.2) is 0 Å². The Labute approximate surface area is 160 Å². The molecule has 0 rings (SSSR count). The summed E-state index contributed by atoms with van der Waals surface area (Å²) >= 11 is 4.92. The van der Waals surface area contributed by atoms with Crippen molar-refractivity contribution in [2.45, 2.75) is 31.4 Å². The third-order valence-corrected chi connectivity index (χ3v) is 4.22. The van der Waals surface area contributed by atoms with Gasteiger partial charge in [-0.3, -0.25) is 24.0 Å². The number of thiol groups is 1. The van der Waals surface area contributed by atoms with Crippen LogP contribution in [0.1, 0.15) is 13.8 Å². The van der Waals surface area contributed by atoms with E-state index in [1.807, 2.05) is 0 Å². The van der Waals surface area contributed by atoms with Crippen molar-refractivity contribution in [2.75, 3.05) is 18.1 Å². The van der Waals surface area contributed by atoms with Crippen molar-refractivity contribution in [1.29, 1.82) is 0 Å². The normalized spacial score (nSPS) is 12.7. The van der Waals surface area contributed by atoms with Crippen molar-refractivity contribution < 1.29 is 24.0 Å². The van der Waals surface area contributed by atoms with E-state index < -0.39 is 41.8 Å². The lowest BCUT2D eigenvalue weighted by Crippen LogP contribution is -2.51. The van der Waals surface area contributed by atoms with Crippen molar-refractivity contribution in [3.63, 3.8) is 0 Å². The standard InChI is InChI=1S/C13H24N6O5S2/c1-6(20)17-13(18-7(2)21)26-5-8(14)12(24)16-3-10(22)19-9(4-25)11(15)23/h8-9,13,25H,3-5,14H2,1-2H3,(H2,15,23)(H,16,24)(H,17,20)(H,18,21)(H,19,22)/t8?,9-/m1/s1. The van der Waals surface area contributed by atoms with Gasteiger partial charge in [-0.05, 0) is 0 Å². The fourth-order valence-electron chi connectivity index (χ4n) is 1.51. The van der Waals surface area contributed by atoms with E-state index in [2.05, 4.69) is 33.9 Å². The van der Waals surface area contributed by atoms with Crippen LogP contribution >= 0.6 is 24.4 Å². The molecule has 0 aromatic heterocycles. The van der Waals surface area contributed by atoms with Crippen molar-refractivity contribution in [3.8, 4) is 0 Å². The summed E-state index contributed by atoms with van der Waals surface area (Å²) in [6, 6.07) is -1.93. The molecule has 0 saturated heterocycles. The first-order valence-corrected chi connectivity index (χ1v) is 9.13. The predicted octanol–water partition coefficient (Wildman–Crippen LogP) is -3.38. The van der Waals surface area contributed by atoms with E-state index in [4.69, 9.17) is 11.5 Å². The second-order valence-electron chi connectivity index (χ2n) is 5.14. The topological polar surface area (TPSA) is 186 Å². The van der Waals surface area contributed by atoms with Gasteiger partial charge in [0.25, 0.3) is 0 Å². The van der Waals surface area contributed by atoms with Crippen LogP contribution in [0, 0.1) is 0 Å². The number of amides is 5. The molecule has 0 aromatic carbocycles. The zero-order valence-electron chi connectivity index (χ0n) is 14.4. The Hall–Kier alpha value is -1.99. The van der Waals surface area contributed by atoms with Crippen LogP contribution in [-0.2, 0) is 24.0 Å². The molecule has 0 aromatic rings. The predicted molar refractivity (Wildman–Crippen MR) is 99.8 cm³/mol. The monoisotopic (exact) mass is 408 g/mol. The first kappa shape index (κ1) is 24.0. The number of carbonyl (C=O) groups excluding carboxylic acids is 5. The lowest BCUT2D eigenvalue weighted by Gasteiger charge is -2.20. The molecule has 0 radical (unpaired) electrons. The average molecular weight is 409 g/mol. The van der Waals surface area contributed by atoms with Crippen molar-refractivity contribution in [1.82, 2.24) is 21.3 Å². The second kappa shape index (κ2) is 12.4. The Morgan fingerprint density at radius 3 is 2.00 bits per heavy atom. The van der Waals surface area contributed by atoms with E-state index in [9.17, 15) is 24.0 Å². The maximum Gasteiger partial charge on any atom is 0.240 e. The second-order valence-corrected chi connectivity index (χ2v) is 6.65. The van der Waals surface area contributed by atoms with E-state index in [-0.39, 0.29) is 23.3 Å². The molecule has 11 nitrogen and oxygen atoms in total. The molecule has 2 atom stereocenters. The molecule has 13 heteroatoms. The van der Waals surface area contributed by atoms with Crippen LogP contribution in [0.3, 0.4) is 0 Å². The summed E-state index contributed by atoms with van der Waals surface area (Å²) in [5.74, 6) is -2.60. The fourth-order valence-corrected chi connectivity index (χ4v) is 2.84. The highest BCUT2D eigenvalue weighted by Gasteiger charge is 2.20. The Balaban J connectivity index is 4.36. The van der Waals surface area contributed by atoms with Gasteiger partial charge in [-0.1, -0.05) is 0 Å². The van der Waals surface area contributed by atoms with Gasteiger partial charge in [0.1, 0.15) is 11.5 Å². The minimum absolute atomic E-state index is 0.0266. The van der Waals surface area contributed by atoms with E-state index in [1.165, 1.54) is 13.8 Å². The van der Waals surface area contributed by atoms with Gasteiger partial charge in [0.05, 0.1) is 12.6 Å². The SMILES string of the molecule is CC(=O)NC(NC(C)=O)SCC(N)C(=O)NCC(=O)N[C@H](CS)C(N)=O. The Bertz CT molecular complexity index is 531. The third kappa shape index (κ3) is 10.8. The van der Waals surface area contributed by atoms with E-state index in [0.717, 1.165) is 11.8 Å². The number of primary amides is 1. The van der Waals surface area contributed by atoms with Crippen molar-refractivity contribution in [2.24, 2.45) is 11.5 Å². The fraction of sp³-hybridized carbons (Fsp3) is 0.615. The number of hydrogen-bond acceptors (Lipinski definition) is 8. The molecule has 0 fully saturated rings. The molecule has 0 aliphatic carbocycles. The molecule has 0 bridgehead atoms. The van der Waals surface area contributed by atoms with Gasteiger partial charge in [0.2, 0.25) is 29.5 Å². The molecule has 26 heavy (non-hydrogen) atoms. The average Bonchev–Trinajstić information content (AvgIpc) is 2.53. The molecule has 5 amide bonds. The van der Waals surface area contributed by atoms with Crippen molar-refractivity contribution in [3.05, 3.63) is 0 Å². The first-order valence-electron chi connectivity index (χ1n) is 7.45. The summed E-state index contributed by atoms with van der Waals surface area (Å²) in [6.07, 6.45) is 0. The minimum Gasteiger partial charge on any atom is -0.368 e. The van der Waals surface area contributed by atoms with Gasteiger partial charge in [-0.2, -0.15) is 12.6 Å². The molecule has 0 aliphatic heterocycles. The number of thioether (sulfide) groups is 1. The summed E-state index contributed by atoms with van der Waals surface area (Å²) in [7, 11) is 0. The quantitative estimate of drug-likeness (QED) is 0.137. The summed E-state index contributed by atoms with van der Waals surface area (Å²) in [5.41, 5.74) is 10.0. The van der Waals surface area contributed by atoms with E-state index in [0.29, 0.717) is 0 Å². The molecule has 0 spiro atoms. The maximum absolute atomic E-state index is 11.9. The first-order chi connectivity index (χ1) is 12.1. The van der Waals surface area contributed by atoms with Crippen LogP contribution in [0.5, 0.6) is 0 Å². The lowest BCUT2D eigenvalue weighted by molar-refractivity contribution is -0.128. The highest BCUT2D eigenvalue weighted by molar-refractivity contribution is 7.99. The zero-order valence-corrected chi connectivity index (χ0v) is 16.1. The van der Waals surface area contributed by atoms with Gasteiger partial charge in [0.15, 0.2) is 0 Å². The highest BCUT2D eigenvalue weighted by atomic mass is 32.2. The van der Waals surface area contributed by atoms with Gasteiger partial charge in [0, 0.05) is 25.4 Å². The Kier molecular flexibility index (Phi) is 11.4. The molecular weight excluding hydrogens is 384 g/mol. The Morgan fingerprint density at radius 2 is 1.58 bits per heavy atom. The van der Waals surface area contributed by atoms with Gasteiger partial charge in [-0.15, -0.1) is 11.8 Å². The van der Waals surface area contributed by atoms with Crippen LogP contribution in [0.25, 0.3) is 0 Å². The van der Waals surface area contributed by atoms with Crippen LogP contribution in [0.4, 0.5) is 0 Å². The zero-order chi connectivity index (χ0) is 20.3. The smallest absolute Gasteiger partial charge is 0.240 e. The Morgan fingerprint density at radius 1 is 1.04 bits per heavy atom. The molecular formula is C13H24N6O5S2. The molecule has 0 heterocycles. The summed E-state index contributed by atoms with van der Waals surface area (Å²) in [6.45, 7) is 2.17. The largest absolute Gasteiger partial charge is 0.368 e. The van der Waals surface area contributed by atoms with Gasteiger partial charge >= 0.3 is 0 Å². The summed E-state index contributed by atoms with van der Waals surface area (Å²) < 4.78 is 0. The minimum atomic E-state index is -0.991. The van der Waals surface area contributed by atoms with E-state index >= 15 is 0 Å². The molecule has 8 N–H and O–H groups in total. The summed E-state index contributed by atoms with van der Waals surface area (Å²) in [5, 5.41) is 9.59. The number of rotatable bonds is 11. The molecule has 1 unspecified atom stereocenters. The number of carbonyl (C=O) groups is 5. The highest BCUT2D eigenvalue weighted by Crippen LogP contribution is 2.07. The van der Waals surface area contributed by atoms with Gasteiger partial charge in [-0.25, -0.2) is 0 Å². The van der Waals surface area contributed by atoms with Crippen LogP contribution in [-0.4, -0.2) is 65.2 Å². The van der Waals surface area contributed by atoms with Crippen LogP contribution < -0.4 is 32.7 Å². The number of nitrogens with one attached hydrogen (secondary N) is 4. The lowest BCUT2D eigenvalue weighted by atomic mass is 10.3. The number of hydrogen-bond donors (Lipinski definition) is 7. The number of nitrogens with two attached hydrogens (primary N) is 2. The third-order valence-electron chi connectivity index (χ3n) is 2.73. The van der Waals surface area contributed by atoms with E-state index in [1.54, 1.807) is 0 Å². The molecule has 0 aliphatic rings.